The molecule has 10 heteroatoms. The summed E-state index contributed by atoms with van der Waals surface area (Å²) in [7, 11) is 2.57. The van der Waals surface area contributed by atoms with Gasteiger partial charge in [-0.3, -0.25) is 28.7 Å². The molecule has 1 aliphatic rings. The maximum atomic E-state index is 12.8. The van der Waals surface area contributed by atoms with Crippen LogP contribution in [0.4, 0.5) is 0 Å². The Balaban J connectivity index is 2.18. The van der Waals surface area contributed by atoms with Gasteiger partial charge in [-0.05, 0) is 6.07 Å². The molecule has 0 amide bonds. The number of aromatic nitrogens is 4. The number of hydrogen-bond acceptors (Lipinski definition) is 6. The average molecular weight is 370 g/mol. The van der Waals surface area contributed by atoms with Crippen LogP contribution in [0.25, 0.3) is 0 Å². The molecule has 0 saturated carbocycles. The number of aromatic hydroxyl groups is 1. The van der Waals surface area contributed by atoms with Crippen LogP contribution >= 0.6 is 0 Å². The Hall–Kier alpha value is -3.82. The van der Waals surface area contributed by atoms with E-state index in [1.807, 2.05) is 0 Å². The van der Waals surface area contributed by atoms with Gasteiger partial charge in [0, 0.05) is 19.7 Å². The van der Waals surface area contributed by atoms with Crippen LogP contribution in [0.15, 0.2) is 43.4 Å². The maximum absolute atomic E-state index is 12.8. The van der Waals surface area contributed by atoms with E-state index in [0.29, 0.717) is 11.3 Å². The van der Waals surface area contributed by atoms with Crippen molar-refractivity contribution in [1.82, 2.24) is 19.1 Å². The SMILES string of the molecule is Cn1c(O)c(C2c3ccccc3Oc3[nH]c(=O)n(C)c(=O)c32)c(=O)[nH]c1=O. The molecule has 0 spiro atoms. The zero-order valence-electron chi connectivity index (χ0n) is 14.3. The molecule has 0 aliphatic carbocycles. The lowest BCUT2D eigenvalue weighted by Gasteiger charge is -2.27. The number of fused-ring (bicyclic) bond motifs is 2. The standard InChI is InChI=1S/C17H14N4O6/c1-20-14(23)10(12(22)18-16(20)25)9-7-5-3-4-6-8(7)27-13-11(9)15(24)21(2)17(26)19-13/h3-6,9,23H,1-2H3,(H,19,26)(H,18,22,25). The first kappa shape index (κ1) is 16.6. The van der Waals surface area contributed by atoms with E-state index >= 15 is 0 Å². The summed E-state index contributed by atoms with van der Waals surface area (Å²) in [6.07, 6.45) is 0. The molecule has 27 heavy (non-hydrogen) atoms. The van der Waals surface area contributed by atoms with Crippen LogP contribution in [0.1, 0.15) is 22.6 Å². The van der Waals surface area contributed by atoms with Crippen molar-refractivity contribution < 1.29 is 9.84 Å². The van der Waals surface area contributed by atoms with E-state index < -0.39 is 34.3 Å². The minimum Gasteiger partial charge on any atom is -0.494 e. The van der Waals surface area contributed by atoms with Gasteiger partial charge in [0.25, 0.3) is 11.1 Å². The summed E-state index contributed by atoms with van der Waals surface area (Å²) < 4.78 is 7.36. The van der Waals surface area contributed by atoms with Gasteiger partial charge < -0.3 is 9.84 Å². The summed E-state index contributed by atoms with van der Waals surface area (Å²) in [5, 5.41) is 10.5. The smallest absolute Gasteiger partial charge is 0.330 e. The minimum absolute atomic E-state index is 0.0183. The molecule has 0 fully saturated rings. The number of hydrogen-bond donors (Lipinski definition) is 3. The van der Waals surface area contributed by atoms with Gasteiger partial charge in [-0.1, -0.05) is 18.2 Å². The second-order valence-electron chi connectivity index (χ2n) is 6.17. The molecule has 4 rings (SSSR count). The molecule has 1 atom stereocenters. The monoisotopic (exact) mass is 370 g/mol. The topological polar surface area (TPSA) is 139 Å². The molecule has 3 aromatic rings. The highest BCUT2D eigenvalue weighted by Crippen LogP contribution is 2.45. The molecule has 3 N–H and O–H groups in total. The third kappa shape index (κ3) is 2.26. The summed E-state index contributed by atoms with van der Waals surface area (Å²) >= 11 is 0. The number of para-hydroxylation sites is 1. The van der Waals surface area contributed by atoms with Gasteiger partial charge in [-0.25, -0.2) is 9.59 Å². The lowest BCUT2D eigenvalue weighted by Crippen LogP contribution is -2.39. The first-order valence-corrected chi connectivity index (χ1v) is 7.93. The van der Waals surface area contributed by atoms with E-state index in [4.69, 9.17) is 4.74 Å². The Morgan fingerprint density at radius 1 is 0.963 bits per heavy atom. The third-order valence-corrected chi connectivity index (χ3v) is 4.65. The average Bonchev–Trinajstić information content (AvgIpc) is 2.64. The fourth-order valence-electron chi connectivity index (χ4n) is 3.22. The van der Waals surface area contributed by atoms with Gasteiger partial charge in [0.05, 0.1) is 17.0 Å². The predicted molar refractivity (Wildman–Crippen MR) is 93.7 cm³/mol. The van der Waals surface area contributed by atoms with Crippen LogP contribution in [-0.2, 0) is 14.1 Å². The van der Waals surface area contributed by atoms with Gasteiger partial charge in [-0.15, -0.1) is 0 Å². The van der Waals surface area contributed by atoms with Gasteiger partial charge in [-0.2, -0.15) is 0 Å². The molecule has 2 aromatic heterocycles. The molecule has 138 valence electrons. The van der Waals surface area contributed by atoms with Gasteiger partial charge in [0.2, 0.25) is 11.8 Å². The van der Waals surface area contributed by atoms with Crippen molar-refractivity contribution in [3.05, 3.63) is 82.6 Å². The van der Waals surface area contributed by atoms with E-state index in [9.17, 15) is 24.3 Å². The number of rotatable bonds is 1. The maximum Gasteiger partial charge on any atom is 0.330 e. The summed E-state index contributed by atoms with van der Waals surface area (Å²) in [6.45, 7) is 0. The Labute approximate surface area is 149 Å². The number of benzene rings is 1. The number of ether oxygens (including phenoxy) is 1. The van der Waals surface area contributed by atoms with Gasteiger partial charge in [0.1, 0.15) is 5.75 Å². The molecular formula is C17H14N4O6. The lowest BCUT2D eigenvalue weighted by molar-refractivity contribution is 0.397. The number of nitrogens with zero attached hydrogens (tertiary/aromatic N) is 2. The first-order chi connectivity index (χ1) is 12.8. The van der Waals surface area contributed by atoms with Crippen LogP contribution < -0.4 is 27.2 Å². The molecule has 1 aromatic carbocycles. The van der Waals surface area contributed by atoms with Gasteiger partial charge >= 0.3 is 11.4 Å². The van der Waals surface area contributed by atoms with Crippen LogP contribution in [0, 0.1) is 0 Å². The summed E-state index contributed by atoms with van der Waals surface area (Å²) in [4.78, 5) is 53.7. The highest BCUT2D eigenvalue weighted by atomic mass is 16.5. The van der Waals surface area contributed by atoms with Crippen molar-refractivity contribution in [2.45, 2.75) is 5.92 Å². The third-order valence-electron chi connectivity index (χ3n) is 4.65. The Morgan fingerprint density at radius 2 is 1.63 bits per heavy atom. The molecule has 0 radical (unpaired) electrons. The highest BCUT2D eigenvalue weighted by molar-refractivity contribution is 5.56. The largest absolute Gasteiger partial charge is 0.494 e. The Morgan fingerprint density at radius 3 is 2.37 bits per heavy atom. The fourth-order valence-corrected chi connectivity index (χ4v) is 3.22. The predicted octanol–water partition coefficient (Wildman–Crippen LogP) is -0.548. The van der Waals surface area contributed by atoms with Crippen LogP contribution in [0.2, 0.25) is 0 Å². The Bertz CT molecular complexity index is 1320. The van der Waals surface area contributed by atoms with E-state index in [1.165, 1.54) is 14.1 Å². The fraction of sp³-hybridized carbons (Fsp3) is 0.176. The van der Waals surface area contributed by atoms with Crippen molar-refractivity contribution in [3.8, 4) is 17.5 Å². The van der Waals surface area contributed by atoms with Crippen molar-refractivity contribution in [2.75, 3.05) is 0 Å². The molecule has 1 aliphatic heterocycles. The molecule has 0 bridgehead atoms. The normalized spacial score (nSPS) is 15.0. The zero-order valence-corrected chi connectivity index (χ0v) is 14.3. The van der Waals surface area contributed by atoms with Crippen LogP contribution in [0.5, 0.6) is 17.5 Å². The van der Waals surface area contributed by atoms with E-state index in [1.54, 1.807) is 24.3 Å². The molecule has 0 saturated heterocycles. The second-order valence-corrected chi connectivity index (χ2v) is 6.17. The second kappa shape index (κ2) is 5.59. The zero-order chi connectivity index (χ0) is 19.5. The molecule has 3 heterocycles. The van der Waals surface area contributed by atoms with E-state index in [0.717, 1.165) is 9.13 Å². The van der Waals surface area contributed by atoms with Crippen LogP contribution in [-0.4, -0.2) is 24.2 Å². The number of H-pyrrole nitrogens is 2. The first-order valence-electron chi connectivity index (χ1n) is 7.93. The van der Waals surface area contributed by atoms with E-state index in [-0.39, 0.29) is 17.0 Å². The number of aromatic amines is 2. The molecule has 1 unspecified atom stereocenters. The summed E-state index contributed by atoms with van der Waals surface area (Å²) in [6, 6.07) is 6.61. The molecular weight excluding hydrogens is 356 g/mol. The highest BCUT2D eigenvalue weighted by Gasteiger charge is 2.36. The van der Waals surface area contributed by atoms with Crippen molar-refractivity contribution in [2.24, 2.45) is 14.1 Å². The van der Waals surface area contributed by atoms with Crippen molar-refractivity contribution in [3.63, 3.8) is 0 Å². The minimum atomic E-state index is -1.05. The van der Waals surface area contributed by atoms with Crippen LogP contribution in [0.3, 0.4) is 0 Å². The number of nitrogens with one attached hydrogen (secondary N) is 2. The van der Waals surface area contributed by atoms with Crippen molar-refractivity contribution >= 4 is 0 Å². The van der Waals surface area contributed by atoms with E-state index in [2.05, 4.69) is 9.97 Å². The Kier molecular flexibility index (Phi) is 3.45. The lowest BCUT2D eigenvalue weighted by atomic mass is 9.85. The molecule has 10 nitrogen and oxygen atoms in total. The van der Waals surface area contributed by atoms with Crippen molar-refractivity contribution in [1.29, 1.82) is 0 Å². The summed E-state index contributed by atoms with van der Waals surface area (Å²) in [5.41, 5.74) is -2.77. The summed E-state index contributed by atoms with van der Waals surface area (Å²) in [5.74, 6) is -1.42. The van der Waals surface area contributed by atoms with Gasteiger partial charge in [0.15, 0.2) is 0 Å². The quantitative estimate of drug-likeness (QED) is 0.411.